The molecule has 1 fully saturated rings. The topological polar surface area (TPSA) is 71.1 Å². The van der Waals surface area contributed by atoms with Crippen LogP contribution in [0, 0.1) is 5.41 Å². The highest BCUT2D eigenvalue weighted by molar-refractivity contribution is 5.66. The molecule has 27 heavy (non-hydrogen) atoms. The molecule has 1 rings (SSSR count). The van der Waals surface area contributed by atoms with E-state index in [9.17, 15) is 9.59 Å². The van der Waals surface area contributed by atoms with Crippen molar-refractivity contribution in [1.82, 2.24) is 0 Å². The molecule has 0 unspecified atom stereocenters. The number of rotatable bonds is 11. The molecule has 0 bridgehead atoms. The third-order valence-electron chi connectivity index (χ3n) is 4.72. The molecule has 0 aromatic heterocycles. The number of carbonyl (C=O) groups is 2. The highest BCUT2D eigenvalue weighted by Crippen LogP contribution is 2.37. The predicted molar refractivity (Wildman–Crippen MR) is 103 cm³/mol. The lowest BCUT2D eigenvalue weighted by Gasteiger charge is -2.31. The summed E-state index contributed by atoms with van der Waals surface area (Å²) in [4.78, 5) is 22.9. The van der Waals surface area contributed by atoms with Crippen LogP contribution in [0.25, 0.3) is 0 Å². The van der Waals surface area contributed by atoms with Crippen molar-refractivity contribution in [3.05, 3.63) is 0 Å². The van der Waals surface area contributed by atoms with Crippen molar-refractivity contribution in [3.63, 3.8) is 0 Å². The van der Waals surface area contributed by atoms with Gasteiger partial charge in [0.25, 0.3) is 0 Å². The Kier molecular flexibility index (Phi) is 10.3. The molecule has 0 aliphatic carbocycles. The van der Waals surface area contributed by atoms with Crippen LogP contribution in [0.5, 0.6) is 0 Å². The number of ether oxygens (including phenoxy) is 4. The van der Waals surface area contributed by atoms with E-state index in [2.05, 4.69) is 6.92 Å². The summed E-state index contributed by atoms with van der Waals surface area (Å²) in [6, 6.07) is 0. The quantitative estimate of drug-likeness (QED) is 0.394. The number of hydrogen-bond acceptors (Lipinski definition) is 6. The van der Waals surface area contributed by atoms with Gasteiger partial charge in [0.2, 0.25) is 0 Å². The van der Waals surface area contributed by atoms with Crippen molar-refractivity contribution in [2.24, 2.45) is 5.41 Å². The SMILES string of the molecule is CCCCCCCCO[C@@H]1[C@@H](OC(C)=O)[C@H](C(C)(C)C)O[C@@H]1COC(C)=O. The molecule has 4 atom stereocenters. The molecule has 1 heterocycles. The molecule has 0 amide bonds. The monoisotopic (exact) mass is 386 g/mol. The van der Waals surface area contributed by atoms with Gasteiger partial charge in [-0.2, -0.15) is 0 Å². The zero-order valence-electron chi connectivity index (χ0n) is 17.9. The molecule has 1 aliphatic heterocycles. The average Bonchev–Trinajstić information content (AvgIpc) is 2.89. The Morgan fingerprint density at radius 3 is 2.11 bits per heavy atom. The van der Waals surface area contributed by atoms with Crippen molar-refractivity contribution in [1.29, 1.82) is 0 Å². The molecule has 6 heteroatoms. The third kappa shape index (κ3) is 8.60. The normalized spacial score (nSPS) is 25.4. The van der Waals surface area contributed by atoms with Crippen LogP contribution in [0.15, 0.2) is 0 Å². The van der Waals surface area contributed by atoms with Gasteiger partial charge in [-0.15, -0.1) is 0 Å². The zero-order chi connectivity index (χ0) is 20.4. The second-order valence-corrected chi connectivity index (χ2v) is 8.44. The third-order valence-corrected chi connectivity index (χ3v) is 4.72. The summed E-state index contributed by atoms with van der Waals surface area (Å²) in [6.45, 7) is 11.7. The Morgan fingerprint density at radius 2 is 1.56 bits per heavy atom. The minimum atomic E-state index is -0.511. The Morgan fingerprint density at radius 1 is 0.926 bits per heavy atom. The molecule has 1 saturated heterocycles. The maximum absolute atomic E-state index is 11.6. The molecule has 0 aromatic rings. The summed E-state index contributed by atoms with van der Waals surface area (Å²) in [5.74, 6) is -0.726. The molecule has 158 valence electrons. The van der Waals surface area contributed by atoms with E-state index >= 15 is 0 Å². The van der Waals surface area contributed by atoms with E-state index in [0.717, 1.165) is 12.8 Å². The standard InChI is InChI=1S/C21H38O6/c1-7-8-9-10-11-12-13-24-18-17(14-25-15(2)22)27-20(21(4,5)6)19(18)26-16(3)23/h17-20H,7-14H2,1-6H3/t17-,18+,19-,20-/m1/s1. The first-order chi connectivity index (χ1) is 12.7. The molecule has 0 N–H and O–H groups in total. The second-order valence-electron chi connectivity index (χ2n) is 8.44. The highest BCUT2D eigenvalue weighted by Gasteiger charge is 2.52. The van der Waals surface area contributed by atoms with E-state index in [1.807, 2.05) is 20.8 Å². The lowest BCUT2D eigenvalue weighted by atomic mass is 9.85. The Balaban J connectivity index is 2.72. The lowest BCUT2D eigenvalue weighted by molar-refractivity contribution is -0.158. The molecule has 1 aliphatic rings. The van der Waals surface area contributed by atoms with Gasteiger partial charge in [0.1, 0.15) is 24.9 Å². The summed E-state index contributed by atoms with van der Waals surface area (Å²) in [7, 11) is 0. The van der Waals surface area contributed by atoms with Crippen molar-refractivity contribution in [2.75, 3.05) is 13.2 Å². The fourth-order valence-electron chi connectivity index (χ4n) is 3.38. The van der Waals surface area contributed by atoms with Gasteiger partial charge in [-0.3, -0.25) is 9.59 Å². The van der Waals surface area contributed by atoms with E-state index in [1.165, 1.54) is 39.5 Å². The van der Waals surface area contributed by atoms with E-state index in [0.29, 0.717) is 6.61 Å². The largest absolute Gasteiger partial charge is 0.463 e. The zero-order valence-corrected chi connectivity index (χ0v) is 17.9. The lowest BCUT2D eigenvalue weighted by Crippen LogP contribution is -2.44. The van der Waals surface area contributed by atoms with Crippen LogP contribution in [0.3, 0.4) is 0 Å². The van der Waals surface area contributed by atoms with Crippen LogP contribution < -0.4 is 0 Å². The minimum Gasteiger partial charge on any atom is -0.463 e. The molecule has 0 spiro atoms. The smallest absolute Gasteiger partial charge is 0.303 e. The summed E-state index contributed by atoms with van der Waals surface area (Å²) < 4.78 is 23.0. The van der Waals surface area contributed by atoms with Crippen LogP contribution in [-0.2, 0) is 28.5 Å². The Hall–Kier alpha value is -1.14. The van der Waals surface area contributed by atoms with Crippen LogP contribution in [0.2, 0.25) is 0 Å². The summed E-state index contributed by atoms with van der Waals surface area (Å²) in [6.07, 6.45) is 5.30. The van der Waals surface area contributed by atoms with E-state index in [-0.39, 0.29) is 30.1 Å². The minimum absolute atomic E-state index is 0.0981. The molecular weight excluding hydrogens is 348 g/mol. The van der Waals surface area contributed by atoms with Gasteiger partial charge < -0.3 is 18.9 Å². The molecule has 6 nitrogen and oxygen atoms in total. The molecule has 0 saturated carbocycles. The Bertz CT molecular complexity index is 456. The summed E-state index contributed by atoms with van der Waals surface area (Å²) >= 11 is 0. The van der Waals surface area contributed by atoms with Crippen LogP contribution >= 0.6 is 0 Å². The fourth-order valence-corrected chi connectivity index (χ4v) is 3.38. The maximum atomic E-state index is 11.6. The number of carbonyl (C=O) groups excluding carboxylic acids is 2. The Labute approximate surface area is 164 Å². The van der Waals surface area contributed by atoms with Gasteiger partial charge in [-0.1, -0.05) is 59.8 Å². The van der Waals surface area contributed by atoms with Crippen LogP contribution in [0.4, 0.5) is 0 Å². The summed E-state index contributed by atoms with van der Waals surface area (Å²) in [5.41, 5.74) is -0.243. The van der Waals surface area contributed by atoms with Gasteiger partial charge >= 0.3 is 11.9 Å². The van der Waals surface area contributed by atoms with Crippen molar-refractivity contribution in [2.45, 2.75) is 104 Å². The van der Waals surface area contributed by atoms with E-state index < -0.39 is 18.3 Å². The van der Waals surface area contributed by atoms with Crippen LogP contribution in [-0.4, -0.2) is 49.6 Å². The van der Waals surface area contributed by atoms with E-state index in [4.69, 9.17) is 18.9 Å². The average molecular weight is 387 g/mol. The number of esters is 2. The van der Waals surface area contributed by atoms with Gasteiger partial charge in [-0.25, -0.2) is 0 Å². The first-order valence-corrected chi connectivity index (χ1v) is 10.2. The van der Waals surface area contributed by atoms with Gasteiger partial charge in [0, 0.05) is 20.5 Å². The van der Waals surface area contributed by atoms with Crippen molar-refractivity contribution < 1.29 is 28.5 Å². The van der Waals surface area contributed by atoms with Gasteiger partial charge in [0.05, 0.1) is 0 Å². The number of unbranched alkanes of at least 4 members (excludes halogenated alkanes) is 5. The first kappa shape index (κ1) is 23.9. The molecule has 0 radical (unpaired) electrons. The number of hydrogen-bond donors (Lipinski definition) is 0. The first-order valence-electron chi connectivity index (χ1n) is 10.2. The summed E-state index contributed by atoms with van der Waals surface area (Å²) in [5, 5.41) is 0. The van der Waals surface area contributed by atoms with Crippen LogP contribution in [0.1, 0.15) is 80.1 Å². The van der Waals surface area contributed by atoms with Gasteiger partial charge in [-0.05, 0) is 11.8 Å². The van der Waals surface area contributed by atoms with E-state index in [1.54, 1.807) is 0 Å². The molecular formula is C21H38O6. The maximum Gasteiger partial charge on any atom is 0.303 e. The molecule has 0 aromatic carbocycles. The fraction of sp³-hybridized carbons (Fsp3) is 0.905. The van der Waals surface area contributed by atoms with Crippen molar-refractivity contribution in [3.8, 4) is 0 Å². The highest BCUT2D eigenvalue weighted by atomic mass is 16.6. The van der Waals surface area contributed by atoms with Gasteiger partial charge in [0.15, 0.2) is 6.10 Å². The predicted octanol–water partition coefficient (Wildman–Crippen LogP) is 4.04. The van der Waals surface area contributed by atoms with Crippen molar-refractivity contribution >= 4 is 11.9 Å². The second kappa shape index (κ2) is 11.6.